The molecular weight excluding hydrogens is 348 g/mol. The van der Waals surface area contributed by atoms with E-state index in [9.17, 15) is 18.5 Å². The Morgan fingerprint density at radius 3 is 2.44 bits per heavy atom. The maximum absolute atomic E-state index is 12.1. The maximum atomic E-state index is 12.1. The molecule has 1 heterocycles. The van der Waals surface area contributed by atoms with E-state index < -0.39 is 14.9 Å². The lowest BCUT2D eigenvalue weighted by atomic mass is 10.2. The third-order valence-corrected chi connectivity index (χ3v) is 5.06. The Morgan fingerprint density at radius 2 is 1.92 bits per heavy atom. The van der Waals surface area contributed by atoms with E-state index >= 15 is 0 Å². The van der Waals surface area contributed by atoms with Crippen LogP contribution in [0.5, 0.6) is 5.75 Å². The van der Waals surface area contributed by atoms with E-state index in [2.05, 4.69) is 9.82 Å². The van der Waals surface area contributed by atoms with Gasteiger partial charge in [0.05, 0.1) is 24.3 Å². The molecule has 0 aliphatic heterocycles. The summed E-state index contributed by atoms with van der Waals surface area (Å²) in [6.45, 7) is 3.27. The molecule has 1 aromatic heterocycles. The lowest BCUT2D eigenvalue weighted by Gasteiger charge is -2.08. The third kappa shape index (κ3) is 4.77. The van der Waals surface area contributed by atoms with E-state index in [1.54, 1.807) is 38.3 Å². The van der Waals surface area contributed by atoms with Crippen molar-refractivity contribution in [3.8, 4) is 5.75 Å². The highest BCUT2D eigenvalue weighted by Gasteiger charge is 2.22. The number of sulfonamides is 1. The molecule has 0 bridgehead atoms. The van der Waals surface area contributed by atoms with Crippen LogP contribution in [0.4, 0.5) is 5.69 Å². The van der Waals surface area contributed by atoms with Gasteiger partial charge in [-0.25, -0.2) is 13.1 Å². The second kappa shape index (κ2) is 7.62. The summed E-state index contributed by atoms with van der Waals surface area (Å²) in [6, 6.07) is 7.04. The summed E-state index contributed by atoms with van der Waals surface area (Å²) >= 11 is 0. The van der Waals surface area contributed by atoms with Gasteiger partial charge in [-0.1, -0.05) is 12.1 Å². The lowest BCUT2D eigenvalue weighted by molar-refractivity contribution is -0.386. The van der Waals surface area contributed by atoms with Crippen molar-refractivity contribution in [1.82, 2.24) is 14.5 Å². The summed E-state index contributed by atoms with van der Waals surface area (Å²) < 4.78 is 33.1. The molecule has 9 nitrogen and oxygen atoms in total. The summed E-state index contributed by atoms with van der Waals surface area (Å²) in [4.78, 5) is 10.5. The van der Waals surface area contributed by atoms with Crippen LogP contribution in [-0.2, 0) is 23.1 Å². The van der Waals surface area contributed by atoms with Crippen molar-refractivity contribution in [2.45, 2.75) is 26.9 Å². The Labute approximate surface area is 145 Å². The summed E-state index contributed by atoms with van der Waals surface area (Å²) in [7, 11) is -1.99. The number of benzene rings is 1. The molecule has 1 aromatic carbocycles. The van der Waals surface area contributed by atoms with E-state index in [1.165, 1.54) is 11.6 Å². The fraction of sp³-hybridized carbons (Fsp3) is 0.400. The standard InChI is InChI=1S/C15H20N4O5S/c1-11-15(19(20)21)12(2)18(17-11)8-9-25(22,23)16-10-13-4-6-14(24-3)7-5-13/h4-7,16H,8-10H2,1-3H3. The number of hydrogen-bond acceptors (Lipinski definition) is 6. The molecular formula is C15H20N4O5S. The highest BCUT2D eigenvalue weighted by molar-refractivity contribution is 7.89. The van der Waals surface area contributed by atoms with E-state index in [4.69, 9.17) is 4.74 Å². The first-order valence-electron chi connectivity index (χ1n) is 7.52. The fourth-order valence-corrected chi connectivity index (χ4v) is 3.33. The molecule has 0 aliphatic rings. The number of hydrogen-bond donors (Lipinski definition) is 1. The quantitative estimate of drug-likeness (QED) is 0.558. The first-order chi connectivity index (χ1) is 11.7. The van der Waals surface area contributed by atoms with Crippen LogP contribution in [0.1, 0.15) is 17.0 Å². The first-order valence-corrected chi connectivity index (χ1v) is 9.17. The first kappa shape index (κ1) is 18.9. The Bertz CT molecular complexity index is 859. The minimum atomic E-state index is -3.55. The zero-order chi connectivity index (χ0) is 18.6. The number of aromatic nitrogens is 2. The molecule has 0 saturated carbocycles. The summed E-state index contributed by atoms with van der Waals surface area (Å²) in [6.07, 6.45) is 0. The van der Waals surface area contributed by atoms with Crippen molar-refractivity contribution in [3.05, 3.63) is 51.3 Å². The van der Waals surface area contributed by atoms with Gasteiger partial charge in [0, 0.05) is 6.54 Å². The molecule has 0 radical (unpaired) electrons. The van der Waals surface area contributed by atoms with Crippen LogP contribution in [0.2, 0.25) is 0 Å². The van der Waals surface area contributed by atoms with Gasteiger partial charge >= 0.3 is 5.69 Å². The second-order valence-electron chi connectivity index (χ2n) is 5.49. The molecule has 0 saturated heterocycles. The van der Waals surface area contributed by atoms with E-state index in [0.717, 1.165) is 5.56 Å². The summed E-state index contributed by atoms with van der Waals surface area (Å²) in [5.41, 5.74) is 1.33. The van der Waals surface area contributed by atoms with Crippen LogP contribution in [0.25, 0.3) is 0 Å². The van der Waals surface area contributed by atoms with E-state index in [-0.39, 0.29) is 30.2 Å². The van der Waals surface area contributed by atoms with Crippen molar-refractivity contribution in [3.63, 3.8) is 0 Å². The van der Waals surface area contributed by atoms with E-state index in [1.807, 2.05) is 0 Å². The molecule has 25 heavy (non-hydrogen) atoms. The Hall–Kier alpha value is -2.46. The summed E-state index contributed by atoms with van der Waals surface area (Å²) in [5.74, 6) is 0.472. The molecule has 0 atom stereocenters. The number of aryl methyl sites for hydroxylation is 2. The van der Waals surface area contributed by atoms with E-state index in [0.29, 0.717) is 11.4 Å². The van der Waals surface area contributed by atoms with Crippen molar-refractivity contribution >= 4 is 15.7 Å². The molecule has 0 amide bonds. The van der Waals surface area contributed by atoms with Gasteiger partial charge in [0.1, 0.15) is 17.1 Å². The number of methoxy groups -OCH3 is 1. The lowest BCUT2D eigenvalue weighted by Crippen LogP contribution is -2.28. The topological polar surface area (TPSA) is 116 Å². The molecule has 0 fully saturated rings. The highest BCUT2D eigenvalue weighted by atomic mass is 32.2. The van der Waals surface area contributed by atoms with Crippen molar-refractivity contribution in [1.29, 1.82) is 0 Å². The molecule has 136 valence electrons. The molecule has 1 N–H and O–H groups in total. The van der Waals surface area contributed by atoms with Gasteiger partial charge in [0.2, 0.25) is 10.0 Å². The number of nitrogens with one attached hydrogen (secondary N) is 1. The van der Waals surface area contributed by atoms with Gasteiger partial charge in [-0.3, -0.25) is 14.8 Å². The minimum Gasteiger partial charge on any atom is -0.497 e. The largest absolute Gasteiger partial charge is 0.497 e. The SMILES string of the molecule is COc1ccc(CNS(=O)(=O)CCn2nc(C)c([N+](=O)[O-])c2C)cc1. The monoisotopic (exact) mass is 368 g/mol. The van der Waals surface area contributed by atoms with Gasteiger partial charge in [0.15, 0.2) is 0 Å². The van der Waals surface area contributed by atoms with Crippen molar-refractivity contribution < 1.29 is 18.1 Å². The van der Waals surface area contributed by atoms with Crippen LogP contribution in [-0.4, -0.2) is 36.0 Å². The molecule has 0 aliphatic carbocycles. The van der Waals surface area contributed by atoms with Gasteiger partial charge in [-0.2, -0.15) is 5.10 Å². The zero-order valence-electron chi connectivity index (χ0n) is 14.2. The van der Waals surface area contributed by atoms with Crippen LogP contribution in [0.15, 0.2) is 24.3 Å². The number of ether oxygens (including phenoxy) is 1. The van der Waals surface area contributed by atoms with Gasteiger partial charge < -0.3 is 4.74 Å². The molecule has 2 rings (SSSR count). The second-order valence-corrected chi connectivity index (χ2v) is 7.41. The Kier molecular flexibility index (Phi) is 5.75. The minimum absolute atomic E-state index is 0.0401. The predicted octanol–water partition coefficient (Wildman–Crippen LogP) is 1.54. The van der Waals surface area contributed by atoms with Crippen molar-refractivity contribution in [2.75, 3.05) is 12.9 Å². The van der Waals surface area contributed by atoms with Gasteiger partial charge in [0.25, 0.3) is 0 Å². The maximum Gasteiger partial charge on any atom is 0.312 e. The molecule has 0 spiro atoms. The van der Waals surface area contributed by atoms with Crippen LogP contribution < -0.4 is 9.46 Å². The molecule has 0 unspecified atom stereocenters. The van der Waals surface area contributed by atoms with Gasteiger partial charge in [-0.05, 0) is 31.5 Å². The smallest absolute Gasteiger partial charge is 0.312 e. The number of nitrogens with zero attached hydrogens (tertiary/aromatic N) is 3. The molecule has 10 heteroatoms. The predicted molar refractivity (Wildman–Crippen MR) is 92.0 cm³/mol. The summed E-state index contributed by atoms with van der Waals surface area (Å²) in [5, 5.41) is 15.0. The normalized spacial score (nSPS) is 11.5. The highest BCUT2D eigenvalue weighted by Crippen LogP contribution is 2.21. The molecule has 2 aromatic rings. The zero-order valence-corrected chi connectivity index (χ0v) is 15.0. The fourth-order valence-electron chi connectivity index (χ4n) is 2.38. The number of nitro groups is 1. The average molecular weight is 368 g/mol. The third-order valence-electron chi connectivity index (χ3n) is 3.75. The Balaban J connectivity index is 1.97. The van der Waals surface area contributed by atoms with Crippen LogP contribution in [0.3, 0.4) is 0 Å². The Morgan fingerprint density at radius 1 is 1.28 bits per heavy atom. The van der Waals surface area contributed by atoms with Crippen LogP contribution >= 0.6 is 0 Å². The number of rotatable bonds is 8. The van der Waals surface area contributed by atoms with Crippen LogP contribution in [0, 0.1) is 24.0 Å². The van der Waals surface area contributed by atoms with Crippen molar-refractivity contribution in [2.24, 2.45) is 0 Å². The van der Waals surface area contributed by atoms with Gasteiger partial charge in [-0.15, -0.1) is 0 Å². The average Bonchev–Trinajstić information content (AvgIpc) is 2.85.